The number of likely N-dealkylation sites (tertiary alicyclic amines) is 1. The summed E-state index contributed by atoms with van der Waals surface area (Å²) >= 11 is 0. The second-order valence-electron chi connectivity index (χ2n) is 7.15. The first-order chi connectivity index (χ1) is 12.0. The molecule has 132 valence electrons. The van der Waals surface area contributed by atoms with E-state index in [1.54, 1.807) is 10.9 Å². The summed E-state index contributed by atoms with van der Waals surface area (Å²) in [6, 6.07) is 1.97. The largest absolute Gasteiger partial charge is 0.349 e. The molecule has 1 aliphatic carbocycles. The Hall–Kier alpha value is -2.44. The number of hydrogen-bond acceptors (Lipinski definition) is 4. The van der Waals surface area contributed by atoms with Crippen molar-refractivity contribution in [2.75, 3.05) is 13.1 Å². The molecule has 2 aliphatic rings. The molecule has 0 unspecified atom stereocenters. The van der Waals surface area contributed by atoms with Crippen LogP contribution in [-0.2, 0) is 11.8 Å². The van der Waals surface area contributed by atoms with Gasteiger partial charge in [0.1, 0.15) is 0 Å². The zero-order valence-electron chi connectivity index (χ0n) is 14.7. The predicted octanol–water partition coefficient (Wildman–Crippen LogP) is 1.41. The van der Waals surface area contributed by atoms with Crippen LogP contribution < -0.4 is 5.32 Å². The number of aryl methyl sites for hydroxylation is 2. The second kappa shape index (κ2) is 6.13. The van der Waals surface area contributed by atoms with Crippen LogP contribution in [0.15, 0.2) is 12.3 Å². The Balaban J connectivity index is 1.39. The lowest BCUT2D eigenvalue weighted by atomic mass is 10.0. The molecule has 0 spiro atoms. The lowest BCUT2D eigenvalue weighted by molar-refractivity contribution is -0.133. The van der Waals surface area contributed by atoms with E-state index in [-0.39, 0.29) is 17.9 Å². The number of hydrogen-bond donors (Lipinski definition) is 1. The van der Waals surface area contributed by atoms with Gasteiger partial charge in [-0.1, -0.05) is 0 Å². The molecule has 7 nitrogen and oxygen atoms in total. The number of aromatic nitrogens is 3. The number of nitrogens with zero attached hydrogens (tertiary/aromatic N) is 4. The fourth-order valence-electron chi connectivity index (χ4n) is 3.53. The first kappa shape index (κ1) is 16.1. The van der Waals surface area contributed by atoms with E-state index in [1.807, 2.05) is 24.9 Å². The van der Waals surface area contributed by atoms with Gasteiger partial charge in [0, 0.05) is 43.7 Å². The lowest BCUT2D eigenvalue weighted by Gasteiger charge is -2.32. The Morgan fingerprint density at radius 2 is 1.92 bits per heavy atom. The van der Waals surface area contributed by atoms with Crippen LogP contribution in [0.3, 0.4) is 0 Å². The van der Waals surface area contributed by atoms with Gasteiger partial charge in [0.2, 0.25) is 5.91 Å². The van der Waals surface area contributed by atoms with Crippen molar-refractivity contribution in [1.82, 2.24) is 25.0 Å². The maximum absolute atomic E-state index is 12.5. The molecule has 1 saturated heterocycles. The summed E-state index contributed by atoms with van der Waals surface area (Å²) in [5.74, 6) is 0.461. The van der Waals surface area contributed by atoms with Gasteiger partial charge in [-0.2, -0.15) is 5.10 Å². The summed E-state index contributed by atoms with van der Waals surface area (Å²) in [5.41, 5.74) is 2.20. The standard InChI is InChI=1S/C18H23N5O2/c1-11-15-9-13(10-19-16(15)22(2)21-11)17(24)20-14-5-7-23(8-6-14)18(25)12-3-4-12/h9-10,12,14H,3-8H2,1-2H3,(H,20,24). The minimum absolute atomic E-state index is 0.107. The molecule has 3 heterocycles. The van der Waals surface area contributed by atoms with Crippen molar-refractivity contribution in [3.8, 4) is 0 Å². The average Bonchev–Trinajstić information content (AvgIpc) is 3.42. The van der Waals surface area contributed by atoms with Crippen LogP contribution in [0.25, 0.3) is 11.0 Å². The molecule has 0 bridgehead atoms. The minimum atomic E-state index is -0.107. The van der Waals surface area contributed by atoms with E-state index in [0.717, 1.165) is 55.5 Å². The molecule has 7 heteroatoms. The third-order valence-corrected chi connectivity index (χ3v) is 5.19. The van der Waals surface area contributed by atoms with Crippen LogP contribution in [0.2, 0.25) is 0 Å². The topological polar surface area (TPSA) is 80.1 Å². The fourth-order valence-corrected chi connectivity index (χ4v) is 3.53. The Kier molecular flexibility index (Phi) is 3.94. The number of carbonyl (C=O) groups is 2. The van der Waals surface area contributed by atoms with E-state index in [0.29, 0.717) is 11.5 Å². The second-order valence-corrected chi connectivity index (χ2v) is 7.15. The Morgan fingerprint density at radius 3 is 2.60 bits per heavy atom. The van der Waals surface area contributed by atoms with Crippen molar-refractivity contribution in [2.45, 2.75) is 38.6 Å². The SMILES string of the molecule is Cc1nn(C)c2ncc(C(=O)NC3CCN(C(=O)C4CC4)CC3)cc12. The highest BCUT2D eigenvalue weighted by molar-refractivity contribution is 5.97. The van der Waals surface area contributed by atoms with E-state index in [2.05, 4.69) is 15.4 Å². The van der Waals surface area contributed by atoms with E-state index in [9.17, 15) is 9.59 Å². The minimum Gasteiger partial charge on any atom is -0.349 e. The molecular formula is C18H23N5O2. The first-order valence-electron chi connectivity index (χ1n) is 8.92. The Labute approximate surface area is 146 Å². The molecule has 2 aromatic rings. The van der Waals surface area contributed by atoms with Crippen molar-refractivity contribution < 1.29 is 9.59 Å². The van der Waals surface area contributed by atoms with Crippen LogP contribution in [0.1, 0.15) is 41.7 Å². The molecule has 2 fully saturated rings. The number of pyridine rings is 1. The summed E-state index contributed by atoms with van der Waals surface area (Å²) < 4.78 is 1.72. The smallest absolute Gasteiger partial charge is 0.253 e. The van der Waals surface area contributed by atoms with Gasteiger partial charge >= 0.3 is 0 Å². The van der Waals surface area contributed by atoms with Crippen LogP contribution in [-0.4, -0.2) is 50.6 Å². The van der Waals surface area contributed by atoms with E-state index in [4.69, 9.17) is 0 Å². The van der Waals surface area contributed by atoms with Crippen LogP contribution in [0, 0.1) is 12.8 Å². The Morgan fingerprint density at radius 1 is 1.20 bits per heavy atom. The van der Waals surface area contributed by atoms with Gasteiger partial charge in [-0.25, -0.2) is 4.98 Å². The van der Waals surface area contributed by atoms with Gasteiger partial charge < -0.3 is 10.2 Å². The summed E-state index contributed by atoms with van der Waals surface area (Å²) in [6.07, 6.45) is 5.31. The highest BCUT2D eigenvalue weighted by atomic mass is 16.2. The van der Waals surface area contributed by atoms with Gasteiger partial charge in [0.15, 0.2) is 5.65 Å². The molecular weight excluding hydrogens is 318 g/mol. The zero-order valence-corrected chi connectivity index (χ0v) is 14.7. The van der Waals surface area contributed by atoms with Crippen molar-refractivity contribution >= 4 is 22.8 Å². The Bertz CT molecular complexity index is 831. The first-order valence-corrected chi connectivity index (χ1v) is 8.92. The number of amides is 2. The van der Waals surface area contributed by atoms with Crippen LogP contribution in [0.4, 0.5) is 0 Å². The van der Waals surface area contributed by atoms with E-state index >= 15 is 0 Å². The van der Waals surface area contributed by atoms with Gasteiger partial charge in [-0.3, -0.25) is 14.3 Å². The van der Waals surface area contributed by atoms with Gasteiger partial charge in [-0.15, -0.1) is 0 Å². The number of piperidine rings is 1. The maximum Gasteiger partial charge on any atom is 0.253 e. The molecule has 2 aromatic heterocycles. The summed E-state index contributed by atoms with van der Waals surface area (Å²) in [7, 11) is 1.85. The molecule has 0 aromatic carbocycles. The molecule has 1 N–H and O–H groups in total. The quantitative estimate of drug-likeness (QED) is 0.915. The molecule has 2 amide bonds. The molecule has 25 heavy (non-hydrogen) atoms. The summed E-state index contributed by atoms with van der Waals surface area (Å²) in [4.78, 5) is 31.0. The van der Waals surface area contributed by atoms with E-state index in [1.165, 1.54) is 0 Å². The predicted molar refractivity (Wildman–Crippen MR) is 93.0 cm³/mol. The number of nitrogens with one attached hydrogen (secondary N) is 1. The van der Waals surface area contributed by atoms with Crippen LogP contribution >= 0.6 is 0 Å². The molecule has 1 saturated carbocycles. The number of rotatable bonds is 3. The maximum atomic E-state index is 12.5. The highest BCUT2D eigenvalue weighted by Crippen LogP contribution is 2.31. The number of carbonyl (C=O) groups excluding carboxylic acids is 2. The number of fused-ring (bicyclic) bond motifs is 1. The molecule has 0 atom stereocenters. The monoisotopic (exact) mass is 341 g/mol. The third kappa shape index (κ3) is 3.10. The zero-order chi connectivity index (χ0) is 17.6. The fraction of sp³-hybridized carbons (Fsp3) is 0.556. The van der Waals surface area contributed by atoms with Crippen molar-refractivity contribution in [3.63, 3.8) is 0 Å². The highest BCUT2D eigenvalue weighted by Gasteiger charge is 2.35. The lowest BCUT2D eigenvalue weighted by Crippen LogP contribution is -2.47. The van der Waals surface area contributed by atoms with Gasteiger partial charge in [0.25, 0.3) is 5.91 Å². The van der Waals surface area contributed by atoms with Crippen molar-refractivity contribution in [1.29, 1.82) is 0 Å². The molecule has 1 aliphatic heterocycles. The van der Waals surface area contributed by atoms with Gasteiger partial charge in [-0.05, 0) is 38.7 Å². The summed E-state index contributed by atoms with van der Waals surface area (Å²) in [6.45, 7) is 3.39. The molecule has 4 rings (SSSR count). The average molecular weight is 341 g/mol. The van der Waals surface area contributed by atoms with Gasteiger partial charge in [0.05, 0.1) is 11.3 Å². The van der Waals surface area contributed by atoms with E-state index < -0.39 is 0 Å². The van der Waals surface area contributed by atoms with Crippen molar-refractivity contribution in [3.05, 3.63) is 23.5 Å². The van der Waals surface area contributed by atoms with Crippen molar-refractivity contribution in [2.24, 2.45) is 13.0 Å². The van der Waals surface area contributed by atoms with Crippen LogP contribution in [0.5, 0.6) is 0 Å². The molecule has 0 radical (unpaired) electrons. The summed E-state index contributed by atoms with van der Waals surface area (Å²) in [5, 5.41) is 8.32. The third-order valence-electron chi connectivity index (χ3n) is 5.19. The normalized spacial score (nSPS) is 18.6.